The molecule has 1 saturated heterocycles. The van der Waals surface area contributed by atoms with E-state index in [1.807, 2.05) is 0 Å². The minimum absolute atomic E-state index is 0.0263. The van der Waals surface area contributed by atoms with Crippen molar-refractivity contribution in [1.29, 1.82) is 0 Å². The Labute approximate surface area is 188 Å². The Morgan fingerprint density at radius 2 is 1.78 bits per heavy atom. The highest BCUT2D eigenvalue weighted by Crippen LogP contribution is 2.27. The fourth-order valence-electron chi connectivity index (χ4n) is 3.79. The van der Waals surface area contributed by atoms with Gasteiger partial charge in [0.2, 0.25) is 5.91 Å². The van der Waals surface area contributed by atoms with E-state index < -0.39 is 23.7 Å². The van der Waals surface area contributed by atoms with Crippen LogP contribution in [0.4, 0.5) is 15.8 Å². The van der Waals surface area contributed by atoms with E-state index in [0.717, 1.165) is 12.8 Å². The number of hydrogen-bond donors (Lipinski definition) is 2. The number of anilines is 2. The van der Waals surface area contributed by atoms with Crippen LogP contribution in [0.2, 0.25) is 5.02 Å². The Morgan fingerprint density at radius 3 is 2.44 bits per heavy atom. The van der Waals surface area contributed by atoms with Crippen molar-refractivity contribution >= 4 is 46.4 Å². The Kier molecular flexibility index (Phi) is 6.09. The van der Waals surface area contributed by atoms with Crippen molar-refractivity contribution in [3.05, 3.63) is 58.9 Å². The summed E-state index contributed by atoms with van der Waals surface area (Å²) in [6, 6.07) is 9.11. The number of hydrazone groups is 1. The number of nitrogens with zero attached hydrogens (tertiary/aromatic N) is 3. The largest absolute Gasteiger partial charge is 0.368 e. The Bertz CT molecular complexity index is 1100. The third-order valence-electron chi connectivity index (χ3n) is 5.45. The van der Waals surface area contributed by atoms with E-state index >= 15 is 0 Å². The lowest BCUT2D eigenvalue weighted by molar-refractivity contribution is -0.119. The molecule has 0 aromatic heterocycles. The van der Waals surface area contributed by atoms with Crippen molar-refractivity contribution in [2.24, 2.45) is 10.8 Å². The van der Waals surface area contributed by atoms with E-state index in [0.29, 0.717) is 29.5 Å². The van der Waals surface area contributed by atoms with Crippen molar-refractivity contribution in [2.75, 3.05) is 23.4 Å². The molecule has 1 atom stereocenters. The average molecular weight is 458 g/mol. The molecule has 3 amide bonds. The number of likely N-dealkylation sites (tertiary alicyclic amines) is 1. The fourth-order valence-corrected chi connectivity index (χ4v) is 3.96. The zero-order valence-corrected chi connectivity index (χ0v) is 17.8. The molecule has 1 fully saturated rings. The van der Waals surface area contributed by atoms with Gasteiger partial charge in [-0.05, 0) is 55.3 Å². The van der Waals surface area contributed by atoms with Crippen molar-refractivity contribution in [3.63, 3.8) is 0 Å². The maximum absolute atomic E-state index is 13.3. The van der Waals surface area contributed by atoms with Crippen LogP contribution < -0.4 is 16.1 Å². The van der Waals surface area contributed by atoms with Crippen molar-refractivity contribution in [1.82, 2.24) is 4.90 Å². The summed E-state index contributed by atoms with van der Waals surface area (Å²) in [5.41, 5.74) is 6.57. The van der Waals surface area contributed by atoms with E-state index in [9.17, 15) is 18.8 Å². The molecule has 2 aliphatic rings. The number of hydrogen-bond acceptors (Lipinski definition) is 5. The standard InChI is InChI=1S/C22H21ClFN5O3/c23-13-3-8-17(16(11-13)22(32)28-9-1-2-10-28)26-21(31)18-12-19(20(25)30)29(27-18)15-6-4-14(24)5-7-15/h3-8,11,19H,1-2,9-10,12H2,(H2,25,30)(H,26,31). The molecule has 166 valence electrons. The molecular weight excluding hydrogens is 437 g/mol. The predicted octanol–water partition coefficient (Wildman–Crippen LogP) is 2.77. The third kappa shape index (κ3) is 4.43. The van der Waals surface area contributed by atoms with Gasteiger partial charge in [-0.3, -0.25) is 19.4 Å². The number of carbonyl (C=O) groups is 3. The highest BCUT2D eigenvalue weighted by molar-refractivity contribution is 6.44. The summed E-state index contributed by atoms with van der Waals surface area (Å²) in [7, 11) is 0. The van der Waals surface area contributed by atoms with Gasteiger partial charge in [0.05, 0.1) is 16.9 Å². The van der Waals surface area contributed by atoms with E-state index in [-0.39, 0.29) is 23.6 Å². The number of nitrogens with two attached hydrogens (primary N) is 1. The lowest BCUT2D eigenvalue weighted by Crippen LogP contribution is -2.39. The summed E-state index contributed by atoms with van der Waals surface area (Å²) in [5, 5.41) is 8.64. The second-order valence-electron chi connectivity index (χ2n) is 7.63. The SMILES string of the molecule is NC(=O)C1CC(C(=O)Nc2ccc(Cl)cc2C(=O)N2CCCC2)=NN1c1ccc(F)cc1. The summed E-state index contributed by atoms with van der Waals surface area (Å²) >= 11 is 6.09. The van der Waals surface area contributed by atoms with Crippen LogP contribution in [0.25, 0.3) is 0 Å². The van der Waals surface area contributed by atoms with Crippen LogP contribution in [-0.2, 0) is 9.59 Å². The van der Waals surface area contributed by atoms with Crippen LogP contribution in [0.5, 0.6) is 0 Å². The van der Waals surface area contributed by atoms with Crippen LogP contribution >= 0.6 is 11.6 Å². The molecule has 10 heteroatoms. The van der Waals surface area contributed by atoms with Gasteiger partial charge in [0.25, 0.3) is 11.8 Å². The summed E-state index contributed by atoms with van der Waals surface area (Å²) in [4.78, 5) is 39.5. The first kappa shape index (κ1) is 21.8. The monoisotopic (exact) mass is 457 g/mol. The topological polar surface area (TPSA) is 108 Å². The molecule has 2 aliphatic heterocycles. The molecule has 0 aliphatic carbocycles. The number of carbonyl (C=O) groups excluding carboxylic acids is 3. The predicted molar refractivity (Wildman–Crippen MR) is 119 cm³/mol. The maximum Gasteiger partial charge on any atom is 0.271 e. The lowest BCUT2D eigenvalue weighted by atomic mass is 10.1. The molecule has 0 saturated carbocycles. The van der Waals surface area contributed by atoms with Crippen LogP contribution in [0.15, 0.2) is 47.6 Å². The zero-order chi connectivity index (χ0) is 22.8. The Balaban J connectivity index is 1.58. The van der Waals surface area contributed by atoms with Crippen molar-refractivity contribution in [3.8, 4) is 0 Å². The van der Waals surface area contributed by atoms with Crippen LogP contribution in [0, 0.1) is 5.82 Å². The summed E-state index contributed by atoms with van der Waals surface area (Å²) in [5.74, 6) is -1.89. The summed E-state index contributed by atoms with van der Waals surface area (Å²) in [6.07, 6.45) is 1.83. The highest BCUT2D eigenvalue weighted by Gasteiger charge is 2.35. The summed E-state index contributed by atoms with van der Waals surface area (Å²) < 4.78 is 13.3. The van der Waals surface area contributed by atoms with Crippen molar-refractivity contribution < 1.29 is 18.8 Å². The molecule has 32 heavy (non-hydrogen) atoms. The minimum atomic E-state index is -0.892. The number of halogens is 2. The molecular formula is C22H21ClFN5O3. The molecule has 8 nitrogen and oxygen atoms in total. The third-order valence-corrected chi connectivity index (χ3v) is 5.68. The van der Waals surface area contributed by atoms with Gasteiger partial charge in [-0.2, -0.15) is 5.10 Å². The second kappa shape index (κ2) is 8.96. The van der Waals surface area contributed by atoms with Gasteiger partial charge in [-0.25, -0.2) is 4.39 Å². The summed E-state index contributed by atoms with van der Waals surface area (Å²) in [6.45, 7) is 1.30. The first-order valence-electron chi connectivity index (χ1n) is 10.2. The second-order valence-corrected chi connectivity index (χ2v) is 8.07. The number of benzene rings is 2. The molecule has 2 heterocycles. The van der Waals surface area contributed by atoms with E-state index in [1.54, 1.807) is 17.0 Å². The molecule has 0 radical (unpaired) electrons. The fraction of sp³-hybridized carbons (Fsp3) is 0.273. The van der Waals surface area contributed by atoms with Gasteiger partial charge in [0, 0.05) is 24.5 Å². The molecule has 2 aromatic rings. The first-order chi connectivity index (χ1) is 15.3. The van der Waals surface area contributed by atoms with Gasteiger partial charge in [0.15, 0.2) is 0 Å². The molecule has 3 N–H and O–H groups in total. The van der Waals surface area contributed by atoms with E-state index in [2.05, 4.69) is 10.4 Å². The number of amides is 3. The number of rotatable bonds is 5. The Morgan fingerprint density at radius 1 is 1.09 bits per heavy atom. The van der Waals surface area contributed by atoms with Gasteiger partial charge in [-0.15, -0.1) is 0 Å². The van der Waals surface area contributed by atoms with Gasteiger partial charge >= 0.3 is 0 Å². The smallest absolute Gasteiger partial charge is 0.271 e. The van der Waals surface area contributed by atoms with Crippen LogP contribution in [-0.4, -0.2) is 47.5 Å². The van der Waals surface area contributed by atoms with Gasteiger partial charge in [0.1, 0.15) is 17.6 Å². The molecule has 0 spiro atoms. The highest BCUT2D eigenvalue weighted by atomic mass is 35.5. The maximum atomic E-state index is 13.3. The minimum Gasteiger partial charge on any atom is -0.368 e. The van der Waals surface area contributed by atoms with Gasteiger partial charge in [-0.1, -0.05) is 11.6 Å². The van der Waals surface area contributed by atoms with E-state index in [4.69, 9.17) is 17.3 Å². The number of primary amides is 1. The molecule has 1 unspecified atom stereocenters. The van der Waals surface area contributed by atoms with Crippen molar-refractivity contribution in [2.45, 2.75) is 25.3 Å². The van der Waals surface area contributed by atoms with Crippen LogP contribution in [0.1, 0.15) is 29.6 Å². The normalized spacial score (nSPS) is 17.9. The van der Waals surface area contributed by atoms with Crippen LogP contribution in [0.3, 0.4) is 0 Å². The van der Waals surface area contributed by atoms with Gasteiger partial charge < -0.3 is 16.0 Å². The number of nitrogens with one attached hydrogen (secondary N) is 1. The average Bonchev–Trinajstić information content (AvgIpc) is 3.45. The lowest BCUT2D eigenvalue weighted by Gasteiger charge is -2.20. The molecule has 2 aromatic carbocycles. The molecule has 4 rings (SSSR count). The quantitative estimate of drug-likeness (QED) is 0.719. The van der Waals surface area contributed by atoms with E-state index in [1.165, 1.54) is 35.3 Å². The first-order valence-corrected chi connectivity index (χ1v) is 10.5. The zero-order valence-electron chi connectivity index (χ0n) is 17.1. The Hall–Kier alpha value is -3.46. The molecule has 0 bridgehead atoms.